The van der Waals surface area contributed by atoms with Gasteiger partial charge in [0.25, 0.3) is 0 Å². The normalized spacial score (nSPS) is 10.4. The first-order chi connectivity index (χ1) is 8.45. The molecular formula is C14H12ClFN2. The quantitative estimate of drug-likeness (QED) is 0.764. The standard InChI is InChI=1S/C14H12ClFN2/c1-8-4-12(15)11(6-13(8)16)14-5-10(7-17)9(2)18(14)3/h4-6H,1-3H3. The summed E-state index contributed by atoms with van der Waals surface area (Å²) in [5.41, 5.74) is 3.27. The van der Waals surface area contributed by atoms with E-state index in [0.717, 1.165) is 11.4 Å². The van der Waals surface area contributed by atoms with Crippen LogP contribution in [0.25, 0.3) is 11.3 Å². The smallest absolute Gasteiger partial charge is 0.126 e. The van der Waals surface area contributed by atoms with Gasteiger partial charge in [0.2, 0.25) is 0 Å². The summed E-state index contributed by atoms with van der Waals surface area (Å²) in [6.07, 6.45) is 0. The Morgan fingerprint density at radius 1 is 1.28 bits per heavy atom. The van der Waals surface area contributed by atoms with E-state index in [1.807, 2.05) is 18.5 Å². The van der Waals surface area contributed by atoms with E-state index in [1.54, 1.807) is 19.1 Å². The first-order valence-corrected chi connectivity index (χ1v) is 5.86. The zero-order chi connectivity index (χ0) is 13.4. The Kier molecular flexibility index (Phi) is 3.14. The first kappa shape index (κ1) is 12.7. The van der Waals surface area contributed by atoms with Crippen molar-refractivity contribution in [2.24, 2.45) is 7.05 Å². The highest BCUT2D eigenvalue weighted by atomic mass is 35.5. The van der Waals surface area contributed by atoms with Crippen LogP contribution < -0.4 is 0 Å². The molecule has 0 aliphatic heterocycles. The third-order valence-corrected chi connectivity index (χ3v) is 3.49. The minimum absolute atomic E-state index is 0.299. The van der Waals surface area contributed by atoms with Crippen molar-refractivity contribution in [3.05, 3.63) is 45.9 Å². The predicted octanol–water partition coefficient (Wildman–Crippen LogP) is 3.97. The van der Waals surface area contributed by atoms with Crippen molar-refractivity contribution in [3.8, 4) is 17.3 Å². The number of hydrogen-bond acceptors (Lipinski definition) is 1. The molecule has 18 heavy (non-hydrogen) atoms. The molecule has 4 heteroatoms. The van der Waals surface area contributed by atoms with Crippen molar-refractivity contribution in [2.45, 2.75) is 13.8 Å². The fourth-order valence-corrected chi connectivity index (χ4v) is 2.23. The molecule has 0 aliphatic carbocycles. The lowest BCUT2D eigenvalue weighted by molar-refractivity contribution is 0.619. The topological polar surface area (TPSA) is 28.7 Å². The predicted molar refractivity (Wildman–Crippen MR) is 70.0 cm³/mol. The molecule has 0 atom stereocenters. The van der Waals surface area contributed by atoms with Gasteiger partial charge in [-0.05, 0) is 37.6 Å². The maximum atomic E-state index is 13.6. The van der Waals surface area contributed by atoms with Crippen LogP contribution in [0.15, 0.2) is 18.2 Å². The number of halogens is 2. The van der Waals surface area contributed by atoms with Crippen LogP contribution in [0.4, 0.5) is 4.39 Å². The Hall–Kier alpha value is -1.79. The number of aromatic nitrogens is 1. The largest absolute Gasteiger partial charge is 0.347 e. The van der Waals surface area contributed by atoms with Crippen molar-refractivity contribution in [3.63, 3.8) is 0 Å². The van der Waals surface area contributed by atoms with E-state index in [2.05, 4.69) is 6.07 Å². The van der Waals surface area contributed by atoms with Crippen LogP contribution in [0, 0.1) is 31.0 Å². The van der Waals surface area contributed by atoms with Crippen LogP contribution in [0.2, 0.25) is 5.02 Å². The van der Waals surface area contributed by atoms with Gasteiger partial charge in [0, 0.05) is 18.3 Å². The molecule has 0 bridgehead atoms. The molecule has 0 spiro atoms. The van der Waals surface area contributed by atoms with Crippen molar-refractivity contribution < 1.29 is 4.39 Å². The minimum Gasteiger partial charge on any atom is -0.347 e. The number of benzene rings is 1. The SMILES string of the molecule is Cc1cc(Cl)c(-c2cc(C#N)c(C)n2C)cc1F. The van der Waals surface area contributed by atoms with Crippen molar-refractivity contribution in [1.29, 1.82) is 5.26 Å². The number of nitriles is 1. The highest BCUT2D eigenvalue weighted by Crippen LogP contribution is 2.32. The summed E-state index contributed by atoms with van der Waals surface area (Å²) in [7, 11) is 1.83. The van der Waals surface area contributed by atoms with E-state index >= 15 is 0 Å². The average Bonchev–Trinajstić information content (AvgIpc) is 2.61. The monoisotopic (exact) mass is 262 g/mol. The zero-order valence-electron chi connectivity index (χ0n) is 10.4. The van der Waals surface area contributed by atoms with Crippen LogP contribution in [0.5, 0.6) is 0 Å². The summed E-state index contributed by atoms with van der Waals surface area (Å²) in [6, 6.07) is 6.85. The molecule has 1 aromatic carbocycles. The van der Waals surface area contributed by atoms with Crippen LogP contribution in [-0.2, 0) is 7.05 Å². The second-order valence-corrected chi connectivity index (χ2v) is 4.69. The highest BCUT2D eigenvalue weighted by Gasteiger charge is 2.14. The van der Waals surface area contributed by atoms with Crippen LogP contribution >= 0.6 is 11.6 Å². The second-order valence-electron chi connectivity index (χ2n) is 4.28. The van der Waals surface area contributed by atoms with E-state index < -0.39 is 0 Å². The summed E-state index contributed by atoms with van der Waals surface area (Å²) in [5.74, 6) is -0.299. The van der Waals surface area contributed by atoms with Gasteiger partial charge in [0.15, 0.2) is 0 Å². The Morgan fingerprint density at radius 3 is 2.50 bits per heavy atom. The third kappa shape index (κ3) is 1.89. The van der Waals surface area contributed by atoms with Gasteiger partial charge in [-0.1, -0.05) is 11.6 Å². The van der Waals surface area contributed by atoms with E-state index in [0.29, 0.717) is 21.7 Å². The van der Waals surface area contributed by atoms with Crippen molar-refractivity contribution >= 4 is 11.6 Å². The fraction of sp³-hybridized carbons (Fsp3) is 0.214. The molecule has 2 nitrogen and oxygen atoms in total. The summed E-state index contributed by atoms with van der Waals surface area (Å²) >= 11 is 6.15. The number of aryl methyl sites for hydroxylation is 1. The van der Waals surface area contributed by atoms with E-state index in [4.69, 9.17) is 16.9 Å². The Balaban J connectivity index is 2.70. The van der Waals surface area contributed by atoms with Gasteiger partial charge in [0.05, 0.1) is 16.3 Å². The summed E-state index contributed by atoms with van der Waals surface area (Å²) in [5, 5.41) is 9.49. The molecule has 0 fully saturated rings. The molecule has 0 amide bonds. The molecule has 0 saturated heterocycles. The number of nitrogens with zero attached hydrogens (tertiary/aromatic N) is 2. The van der Waals surface area contributed by atoms with E-state index in [1.165, 1.54) is 6.07 Å². The summed E-state index contributed by atoms with van der Waals surface area (Å²) in [6.45, 7) is 3.52. The fourth-order valence-electron chi connectivity index (χ4n) is 1.91. The molecule has 1 aromatic heterocycles. The van der Waals surface area contributed by atoms with Gasteiger partial charge in [-0.3, -0.25) is 0 Å². The maximum absolute atomic E-state index is 13.6. The second kappa shape index (κ2) is 4.47. The molecule has 0 unspecified atom stereocenters. The van der Waals surface area contributed by atoms with Gasteiger partial charge in [-0.15, -0.1) is 0 Å². The molecule has 0 radical (unpaired) electrons. The van der Waals surface area contributed by atoms with Gasteiger partial charge in [-0.25, -0.2) is 4.39 Å². The van der Waals surface area contributed by atoms with Crippen LogP contribution in [-0.4, -0.2) is 4.57 Å². The van der Waals surface area contributed by atoms with Gasteiger partial charge >= 0.3 is 0 Å². The van der Waals surface area contributed by atoms with Crippen molar-refractivity contribution in [1.82, 2.24) is 4.57 Å². The molecule has 1 heterocycles. The summed E-state index contributed by atoms with van der Waals surface area (Å²) < 4.78 is 15.5. The molecule has 92 valence electrons. The zero-order valence-corrected chi connectivity index (χ0v) is 11.1. The Morgan fingerprint density at radius 2 is 1.94 bits per heavy atom. The number of rotatable bonds is 1. The molecule has 2 aromatic rings. The van der Waals surface area contributed by atoms with Crippen molar-refractivity contribution in [2.75, 3.05) is 0 Å². The van der Waals surface area contributed by atoms with E-state index in [9.17, 15) is 4.39 Å². The molecule has 0 N–H and O–H groups in total. The molecule has 0 saturated carbocycles. The lowest BCUT2D eigenvalue weighted by atomic mass is 10.1. The van der Waals surface area contributed by atoms with Gasteiger partial charge < -0.3 is 4.57 Å². The lowest BCUT2D eigenvalue weighted by Gasteiger charge is -2.08. The Bertz CT molecular complexity index is 665. The third-order valence-electron chi connectivity index (χ3n) is 3.18. The van der Waals surface area contributed by atoms with Gasteiger partial charge in [0.1, 0.15) is 11.9 Å². The van der Waals surface area contributed by atoms with Gasteiger partial charge in [-0.2, -0.15) is 5.26 Å². The minimum atomic E-state index is -0.299. The molecular weight excluding hydrogens is 251 g/mol. The van der Waals surface area contributed by atoms with Crippen LogP contribution in [0.1, 0.15) is 16.8 Å². The first-order valence-electron chi connectivity index (χ1n) is 5.48. The van der Waals surface area contributed by atoms with Crippen LogP contribution in [0.3, 0.4) is 0 Å². The van der Waals surface area contributed by atoms with E-state index in [-0.39, 0.29) is 5.82 Å². The molecule has 0 aliphatic rings. The number of hydrogen-bond donors (Lipinski definition) is 0. The highest BCUT2D eigenvalue weighted by molar-refractivity contribution is 6.33. The average molecular weight is 263 g/mol. The Labute approximate surface area is 110 Å². The lowest BCUT2D eigenvalue weighted by Crippen LogP contribution is -1.96. The maximum Gasteiger partial charge on any atom is 0.126 e. The summed E-state index contributed by atoms with van der Waals surface area (Å²) in [4.78, 5) is 0. The molecule has 2 rings (SSSR count).